The molecular formula is C16H21NO. The van der Waals surface area contributed by atoms with Gasteiger partial charge in [-0.3, -0.25) is 4.90 Å². The lowest BCUT2D eigenvalue weighted by molar-refractivity contribution is 0.212. The van der Waals surface area contributed by atoms with Crippen molar-refractivity contribution in [3.63, 3.8) is 0 Å². The average molecular weight is 243 g/mol. The maximum Gasteiger partial charge on any atom is 0.119 e. The topological polar surface area (TPSA) is 12.5 Å². The van der Waals surface area contributed by atoms with Gasteiger partial charge in [0.2, 0.25) is 0 Å². The van der Waals surface area contributed by atoms with Crippen LogP contribution < -0.4 is 4.74 Å². The molecule has 1 aliphatic rings. The molecule has 0 saturated heterocycles. The number of ether oxygens (including phenoxy) is 1. The molecule has 2 nitrogen and oxygen atoms in total. The van der Waals surface area contributed by atoms with E-state index >= 15 is 0 Å². The summed E-state index contributed by atoms with van der Waals surface area (Å²) in [4.78, 5) is 2.39. The van der Waals surface area contributed by atoms with Gasteiger partial charge in [0.1, 0.15) is 5.75 Å². The number of benzene rings is 1. The van der Waals surface area contributed by atoms with E-state index < -0.39 is 0 Å². The predicted octanol–water partition coefficient (Wildman–Crippen LogP) is 2.51. The van der Waals surface area contributed by atoms with Gasteiger partial charge >= 0.3 is 0 Å². The molecule has 0 bridgehead atoms. The lowest BCUT2D eigenvalue weighted by atomic mass is 9.87. The van der Waals surface area contributed by atoms with E-state index in [1.54, 1.807) is 7.11 Å². The zero-order valence-electron chi connectivity index (χ0n) is 11.3. The van der Waals surface area contributed by atoms with E-state index in [-0.39, 0.29) is 0 Å². The third-order valence-corrected chi connectivity index (χ3v) is 3.83. The molecule has 0 amide bonds. The van der Waals surface area contributed by atoms with Crippen molar-refractivity contribution >= 4 is 0 Å². The van der Waals surface area contributed by atoms with E-state index in [0.29, 0.717) is 6.04 Å². The summed E-state index contributed by atoms with van der Waals surface area (Å²) >= 11 is 0. The molecule has 1 aromatic rings. The van der Waals surface area contributed by atoms with Gasteiger partial charge in [0, 0.05) is 6.04 Å². The van der Waals surface area contributed by atoms with Gasteiger partial charge < -0.3 is 4.74 Å². The number of rotatable bonds is 4. The number of methoxy groups -OCH3 is 1. The molecule has 96 valence electrons. The average Bonchev–Trinajstić information content (AvgIpc) is 2.43. The van der Waals surface area contributed by atoms with E-state index in [4.69, 9.17) is 11.2 Å². The highest BCUT2D eigenvalue weighted by molar-refractivity contribution is 5.38. The summed E-state index contributed by atoms with van der Waals surface area (Å²) < 4.78 is 5.30. The number of aryl methyl sites for hydroxylation is 1. The van der Waals surface area contributed by atoms with Gasteiger partial charge in [-0.2, -0.15) is 0 Å². The first-order valence-electron chi connectivity index (χ1n) is 6.61. The molecule has 0 heterocycles. The first kappa shape index (κ1) is 13.0. The molecule has 1 aliphatic carbocycles. The zero-order valence-corrected chi connectivity index (χ0v) is 11.3. The number of hydrogen-bond donors (Lipinski definition) is 0. The van der Waals surface area contributed by atoms with Crippen LogP contribution in [0.25, 0.3) is 0 Å². The highest BCUT2D eigenvalue weighted by atomic mass is 16.5. The van der Waals surface area contributed by atoms with Crippen LogP contribution in [0.3, 0.4) is 0 Å². The monoisotopic (exact) mass is 243 g/mol. The molecule has 0 aliphatic heterocycles. The van der Waals surface area contributed by atoms with Crippen LogP contribution >= 0.6 is 0 Å². The van der Waals surface area contributed by atoms with Crippen molar-refractivity contribution in [3.8, 4) is 18.1 Å². The molecule has 18 heavy (non-hydrogen) atoms. The Morgan fingerprint density at radius 2 is 2.28 bits per heavy atom. The highest BCUT2D eigenvalue weighted by Crippen LogP contribution is 2.27. The number of terminal acetylenes is 1. The second-order valence-electron chi connectivity index (χ2n) is 4.80. The fourth-order valence-corrected chi connectivity index (χ4v) is 2.77. The lowest BCUT2D eigenvalue weighted by Gasteiger charge is -2.33. The Balaban J connectivity index is 2.15. The van der Waals surface area contributed by atoms with Crippen LogP contribution in [0.1, 0.15) is 24.5 Å². The molecule has 0 saturated carbocycles. The molecule has 1 atom stereocenters. The second-order valence-corrected chi connectivity index (χ2v) is 4.80. The van der Waals surface area contributed by atoms with Gasteiger partial charge in [0.05, 0.1) is 13.7 Å². The van der Waals surface area contributed by atoms with E-state index in [0.717, 1.165) is 31.7 Å². The summed E-state index contributed by atoms with van der Waals surface area (Å²) in [7, 11) is 1.72. The van der Waals surface area contributed by atoms with Crippen LogP contribution in [0.5, 0.6) is 5.75 Å². The van der Waals surface area contributed by atoms with Gasteiger partial charge in [-0.1, -0.05) is 18.9 Å². The molecule has 1 aromatic carbocycles. The fourth-order valence-electron chi connectivity index (χ4n) is 2.77. The van der Waals surface area contributed by atoms with Crippen LogP contribution in [-0.4, -0.2) is 31.1 Å². The quantitative estimate of drug-likeness (QED) is 0.753. The number of likely N-dealkylation sites (N-methyl/N-ethyl adjacent to an activating group) is 1. The van der Waals surface area contributed by atoms with Crippen LogP contribution in [0, 0.1) is 12.3 Å². The van der Waals surface area contributed by atoms with E-state index in [1.165, 1.54) is 17.5 Å². The van der Waals surface area contributed by atoms with Crippen molar-refractivity contribution < 1.29 is 4.74 Å². The minimum absolute atomic E-state index is 0.575. The molecule has 0 radical (unpaired) electrons. The maximum atomic E-state index is 5.44. The van der Waals surface area contributed by atoms with Crippen LogP contribution in [0.2, 0.25) is 0 Å². The van der Waals surface area contributed by atoms with Crippen molar-refractivity contribution in [1.82, 2.24) is 4.90 Å². The zero-order chi connectivity index (χ0) is 13.0. The van der Waals surface area contributed by atoms with Gasteiger partial charge in [0.15, 0.2) is 0 Å². The summed E-state index contributed by atoms with van der Waals surface area (Å²) in [5.41, 5.74) is 2.88. The van der Waals surface area contributed by atoms with Gasteiger partial charge in [-0.05, 0) is 49.1 Å². The molecule has 0 aromatic heterocycles. The Morgan fingerprint density at radius 3 is 2.94 bits per heavy atom. The van der Waals surface area contributed by atoms with Crippen LogP contribution in [0.15, 0.2) is 18.2 Å². The first-order valence-corrected chi connectivity index (χ1v) is 6.61. The van der Waals surface area contributed by atoms with Gasteiger partial charge in [-0.25, -0.2) is 0 Å². The Labute approximate surface area is 110 Å². The van der Waals surface area contributed by atoms with Gasteiger partial charge in [-0.15, -0.1) is 6.42 Å². The highest BCUT2D eigenvalue weighted by Gasteiger charge is 2.23. The maximum absolute atomic E-state index is 5.44. The predicted molar refractivity (Wildman–Crippen MR) is 74.9 cm³/mol. The number of nitrogens with zero attached hydrogens (tertiary/aromatic N) is 1. The van der Waals surface area contributed by atoms with Crippen molar-refractivity contribution in [2.45, 2.75) is 32.2 Å². The van der Waals surface area contributed by atoms with Crippen molar-refractivity contribution in [1.29, 1.82) is 0 Å². The van der Waals surface area contributed by atoms with Crippen LogP contribution in [0.4, 0.5) is 0 Å². The Kier molecular flexibility index (Phi) is 4.28. The van der Waals surface area contributed by atoms with E-state index in [9.17, 15) is 0 Å². The summed E-state index contributed by atoms with van der Waals surface area (Å²) in [6.45, 7) is 3.95. The summed E-state index contributed by atoms with van der Waals surface area (Å²) in [6.07, 6.45) is 8.87. The molecular weight excluding hydrogens is 222 g/mol. The molecule has 2 heteroatoms. The summed E-state index contributed by atoms with van der Waals surface area (Å²) in [6, 6.07) is 7.00. The largest absolute Gasteiger partial charge is 0.497 e. The molecule has 0 fully saturated rings. The third kappa shape index (κ3) is 2.68. The lowest BCUT2D eigenvalue weighted by Crippen LogP contribution is -2.39. The molecule has 2 rings (SSSR count). The minimum Gasteiger partial charge on any atom is -0.497 e. The normalized spacial score (nSPS) is 18.2. The Bertz CT molecular complexity index is 447. The van der Waals surface area contributed by atoms with Crippen molar-refractivity contribution in [2.24, 2.45) is 0 Å². The van der Waals surface area contributed by atoms with Crippen molar-refractivity contribution in [2.75, 3.05) is 20.2 Å². The van der Waals surface area contributed by atoms with Crippen molar-refractivity contribution in [3.05, 3.63) is 29.3 Å². The number of fused-ring (bicyclic) bond motifs is 1. The Hall–Kier alpha value is -1.46. The minimum atomic E-state index is 0.575. The molecule has 0 spiro atoms. The Morgan fingerprint density at radius 1 is 1.44 bits per heavy atom. The first-order chi connectivity index (χ1) is 8.78. The SMILES string of the molecule is C#CCN(CC)[C@@H]1CCc2ccc(OC)cc2C1. The van der Waals surface area contributed by atoms with E-state index in [1.807, 2.05) is 0 Å². The molecule has 0 N–H and O–H groups in total. The summed E-state index contributed by atoms with van der Waals surface area (Å²) in [5.74, 6) is 3.72. The second kappa shape index (κ2) is 5.93. The van der Waals surface area contributed by atoms with E-state index in [2.05, 4.69) is 35.9 Å². The number of hydrogen-bond acceptors (Lipinski definition) is 2. The summed E-state index contributed by atoms with van der Waals surface area (Å²) in [5, 5.41) is 0. The fraction of sp³-hybridized carbons (Fsp3) is 0.500. The standard InChI is InChI=1S/C16H21NO/c1-4-10-17(5-2)15-8-6-13-7-9-16(18-3)12-14(13)11-15/h1,7,9,12,15H,5-6,8,10-11H2,2-3H3/t15-/m1/s1. The van der Waals surface area contributed by atoms with Crippen LogP contribution in [-0.2, 0) is 12.8 Å². The smallest absolute Gasteiger partial charge is 0.119 e. The third-order valence-electron chi connectivity index (χ3n) is 3.83. The van der Waals surface area contributed by atoms with Gasteiger partial charge in [0.25, 0.3) is 0 Å². The molecule has 0 unspecified atom stereocenters.